The average molecular weight is 389 g/mol. The zero-order valence-corrected chi connectivity index (χ0v) is 16.3. The lowest BCUT2D eigenvalue weighted by Gasteiger charge is -2.17. The molecule has 0 saturated carbocycles. The molecule has 0 aliphatic heterocycles. The first-order valence-corrected chi connectivity index (χ1v) is 9.74. The fourth-order valence-corrected chi connectivity index (χ4v) is 3.46. The highest BCUT2D eigenvalue weighted by molar-refractivity contribution is 5.79. The predicted octanol–water partition coefficient (Wildman–Crippen LogP) is 2.75. The van der Waals surface area contributed by atoms with Crippen LogP contribution in [0.3, 0.4) is 0 Å². The number of aryl methyl sites for hydroxylation is 2. The van der Waals surface area contributed by atoms with E-state index in [9.17, 15) is 9.59 Å². The Kier molecular flexibility index (Phi) is 5.37. The van der Waals surface area contributed by atoms with Crippen molar-refractivity contribution in [2.45, 2.75) is 25.8 Å². The lowest BCUT2D eigenvalue weighted by molar-refractivity contribution is -0.130. The summed E-state index contributed by atoms with van der Waals surface area (Å²) in [5.41, 5.74) is 2.65. The minimum Gasteiger partial charge on any atom is -0.346 e. The van der Waals surface area contributed by atoms with Crippen molar-refractivity contribution >= 4 is 27.8 Å². The molecule has 2 heterocycles. The first kappa shape index (κ1) is 18.9. The van der Waals surface area contributed by atoms with Gasteiger partial charge in [-0.2, -0.15) is 5.10 Å². The predicted molar refractivity (Wildman–Crippen MR) is 113 cm³/mol. The topological polar surface area (TPSA) is 83.9 Å². The molecule has 0 saturated heterocycles. The molecule has 1 N–H and O–H groups in total. The number of carbonyl (C=O) groups excluding carboxylic acids is 1. The fraction of sp³-hybridized carbons (Fsp3) is 0.273. The van der Waals surface area contributed by atoms with Gasteiger partial charge in [-0.25, -0.2) is 4.98 Å². The zero-order chi connectivity index (χ0) is 20.2. The Hall–Kier alpha value is -3.48. The van der Waals surface area contributed by atoms with Crippen LogP contribution in [0.25, 0.3) is 21.9 Å². The van der Waals surface area contributed by atoms with E-state index in [1.807, 2.05) is 49.5 Å². The van der Waals surface area contributed by atoms with Gasteiger partial charge in [-0.1, -0.05) is 24.3 Å². The monoisotopic (exact) mass is 389 g/mol. The van der Waals surface area contributed by atoms with E-state index in [-0.39, 0.29) is 11.3 Å². The van der Waals surface area contributed by atoms with Crippen molar-refractivity contribution in [1.82, 2.24) is 24.6 Å². The van der Waals surface area contributed by atoms with Gasteiger partial charge in [-0.05, 0) is 30.7 Å². The molecule has 148 valence electrons. The average Bonchev–Trinajstić information content (AvgIpc) is 3.16. The van der Waals surface area contributed by atoms with Gasteiger partial charge >= 0.3 is 0 Å². The third-order valence-corrected chi connectivity index (χ3v) is 5.07. The molecule has 2 aromatic heterocycles. The van der Waals surface area contributed by atoms with Gasteiger partial charge in [-0.3, -0.25) is 14.3 Å². The Balaban J connectivity index is 1.31. The van der Waals surface area contributed by atoms with Crippen LogP contribution in [-0.2, 0) is 17.8 Å². The van der Waals surface area contributed by atoms with Gasteiger partial charge < -0.3 is 9.88 Å². The van der Waals surface area contributed by atoms with Crippen LogP contribution >= 0.6 is 0 Å². The largest absolute Gasteiger partial charge is 0.346 e. The zero-order valence-electron chi connectivity index (χ0n) is 16.3. The van der Waals surface area contributed by atoms with E-state index in [1.54, 1.807) is 15.6 Å². The summed E-state index contributed by atoms with van der Waals surface area (Å²) in [7, 11) is 1.82. The Labute approximate surface area is 168 Å². The third-order valence-electron chi connectivity index (χ3n) is 5.07. The number of imidazole rings is 1. The summed E-state index contributed by atoms with van der Waals surface area (Å²) in [6.45, 7) is 1.10. The number of rotatable bonds is 7. The number of amides is 1. The van der Waals surface area contributed by atoms with Crippen molar-refractivity contribution in [3.63, 3.8) is 0 Å². The van der Waals surface area contributed by atoms with Crippen molar-refractivity contribution in [2.75, 3.05) is 13.6 Å². The van der Waals surface area contributed by atoms with Crippen molar-refractivity contribution in [2.24, 2.45) is 0 Å². The molecule has 0 spiro atoms. The molecule has 7 heteroatoms. The normalized spacial score (nSPS) is 11.2. The number of fused-ring (bicyclic) bond motifs is 2. The summed E-state index contributed by atoms with van der Waals surface area (Å²) in [4.78, 5) is 34.0. The molecular weight excluding hydrogens is 366 g/mol. The number of hydrogen-bond donors (Lipinski definition) is 1. The lowest BCUT2D eigenvalue weighted by atomic mass is 10.2. The molecule has 1 amide bonds. The maximum atomic E-state index is 12.5. The Morgan fingerprint density at radius 1 is 1.14 bits per heavy atom. The molecule has 0 bridgehead atoms. The molecule has 0 atom stereocenters. The number of nitrogens with zero attached hydrogens (tertiary/aromatic N) is 4. The second-order valence-corrected chi connectivity index (χ2v) is 7.12. The van der Waals surface area contributed by atoms with E-state index in [0.29, 0.717) is 24.9 Å². The van der Waals surface area contributed by atoms with E-state index in [4.69, 9.17) is 0 Å². The quantitative estimate of drug-likeness (QED) is 0.527. The Morgan fingerprint density at radius 3 is 2.79 bits per heavy atom. The van der Waals surface area contributed by atoms with Gasteiger partial charge in [-0.15, -0.1) is 0 Å². The number of aromatic nitrogens is 4. The number of aromatic amines is 1. The van der Waals surface area contributed by atoms with Crippen LogP contribution in [0.5, 0.6) is 0 Å². The number of benzene rings is 2. The van der Waals surface area contributed by atoms with Crippen molar-refractivity contribution in [3.05, 3.63) is 70.8 Å². The van der Waals surface area contributed by atoms with E-state index in [2.05, 4.69) is 15.1 Å². The first-order valence-electron chi connectivity index (χ1n) is 9.74. The summed E-state index contributed by atoms with van der Waals surface area (Å²) in [5, 5.41) is 4.80. The van der Waals surface area contributed by atoms with E-state index >= 15 is 0 Å². The van der Waals surface area contributed by atoms with Gasteiger partial charge in [0.15, 0.2) is 0 Å². The molecule has 0 radical (unpaired) electrons. The summed E-state index contributed by atoms with van der Waals surface area (Å²) < 4.78 is 1.72. The van der Waals surface area contributed by atoms with Crippen LogP contribution in [0.1, 0.15) is 18.7 Å². The highest BCUT2D eigenvalue weighted by Gasteiger charge is 2.11. The molecule has 7 nitrogen and oxygen atoms in total. The molecule has 4 rings (SSSR count). The smallest absolute Gasteiger partial charge is 0.224 e. The first-order chi connectivity index (χ1) is 14.1. The van der Waals surface area contributed by atoms with E-state index in [1.165, 1.54) is 6.20 Å². The van der Waals surface area contributed by atoms with Crippen LogP contribution in [0.15, 0.2) is 59.5 Å². The summed E-state index contributed by atoms with van der Waals surface area (Å²) in [6.07, 6.45) is 3.27. The number of para-hydroxylation sites is 3. The standard InChI is InChI=1S/C22H23N5O2/c1-26(13-6-11-21-24-17-8-3-4-9-18(17)25-21)22(29)12-14-27-19-10-5-2-7-16(19)20(28)15-23-27/h2-5,7-10,15H,6,11-14H2,1H3,(H,24,25). The van der Waals surface area contributed by atoms with Gasteiger partial charge in [0.05, 0.1) is 29.3 Å². The van der Waals surface area contributed by atoms with Gasteiger partial charge in [0.25, 0.3) is 0 Å². The van der Waals surface area contributed by atoms with E-state index < -0.39 is 0 Å². The van der Waals surface area contributed by atoms with Crippen LogP contribution in [0, 0.1) is 0 Å². The van der Waals surface area contributed by atoms with Crippen molar-refractivity contribution in [1.29, 1.82) is 0 Å². The maximum absolute atomic E-state index is 12.5. The van der Waals surface area contributed by atoms with E-state index in [0.717, 1.165) is 35.2 Å². The second-order valence-electron chi connectivity index (χ2n) is 7.12. The molecule has 2 aromatic carbocycles. The van der Waals surface area contributed by atoms with Crippen LogP contribution in [0.2, 0.25) is 0 Å². The van der Waals surface area contributed by atoms with Crippen molar-refractivity contribution in [3.8, 4) is 0 Å². The SMILES string of the molecule is CN(CCCc1nc2ccccc2[nH]1)C(=O)CCn1ncc(=O)c2ccccc21. The molecule has 29 heavy (non-hydrogen) atoms. The van der Waals surface area contributed by atoms with Crippen LogP contribution in [-0.4, -0.2) is 44.1 Å². The number of H-pyrrole nitrogens is 1. The maximum Gasteiger partial charge on any atom is 0.224 e. The Morgan fingerprint density at radius 2 is 1.93 bits per heavy atom. The molecule has 0 aliphatic rings. The summed E-state index contributed by atoms with van der Waals surface area (Å²) >= 11 is 0. The molecule has 0 fully saturated rings. The van der Waals surface area contributed by atoms with Crippen molar-refractivity contribution < 1.29 is 4.79 Å². The molecule has 0 unspecified atom stereocenters. The fourth-order valence-electron chi connectivity index (χ4n) is 3.46. The number of hydrogen-bond acceptors (Lipinski definition) is 4. The van der Waals surface area contributed by atoms with Gasteiger partial charge in [0.2, 0.25) is 11.3 Å². The van der Waals surface area contributed by atoms with Crippen LogP contribution < -0.4 is 5.43 Å². The molecule has 0 aliphatic carbocycles. The molecule has 4 aromatic rings. The molecular formula is C22H23N5O2. The second kappa shape index (κ2) is 8.26. The lowest BCUT2D eigenvalue weighted by Crippen LogP contribution is -2.29. The minimum absolute atomic E-state index is 0.0548. The minimum atomic E-state index is -0.106. The van der Waals surface area contributed by atoms with Gasteiger partial charge in [0.1, 0.15) is 5.82 Å². The highest BCUT2D eigenvalue weighted by Crippen LogP contribution is 2.12. The summed E-state index contributed by atoms with van der Waals surface area (Å²) in [5.74, 6) is 0.996. The Bertz CT molecular complexity index is 1180. The van der Waals surface area contributed by atoms with Crippen LogP contribution in [0.4, 0.5) is 0 Å². The number of carbonyl (C=O) groups is 1. The van der Waals surface area contributed by atoms with Gasteiger partial charge in [0, 0.05) is 31.8 Å². The summed E-state index contributed by atoms with van der Waals surface area (Å²) in [6, 6.07) is 15.3. The highest BCUT2D eigenvalue weighted by atomic mass is 16.2. The third kappa shape index (κ3) is 4.18. The number of nitrogens with one attached hydrogen (secondary N) is 1.